The summed E-state index contributed by atoms with van der Waals surface area (Å²) >= 11 is 0. The average molecular weight is 204 g/mol. The van der Waals surface area contributed by atoms with Gasteiger partial charge in [0.15, 0.2) is 5.82 Å². The first-order valence-corrected chi connectivity index (χ1v) is 4.62. The molecule has 0 saturated heterocycles. The van der Waals surface area contributed by atoms with Gasteiger partial charge in [-0.25, -0.2) is 0 Å². The molecule has 2 rings (SSSR count). The van der Waals surface area contributed by atoms with Crippen LogP contribution in [0.5, 0.6) is 0 Å². The van der Waals surface area contributed by atoms with E-state index in [1.165, 1.54) is 0 Å². The van der Waals surface area contributed by atoms with Gasteiger partial charge < -0.3 is 9.88 Å². The van der Waals surface area contributed by atoms with Gasteiger partial charge in [0.25, 0.3) is 0 Å². The number of anilines is 1. The summed E-state index contributed by atoms with van der Waals surface area (Å²) in [5.74, 6) is 1.61. The molecular weight excluding hydrogens is 192 g/mol. The monoisotopic (exact) mass is 204 g/mol. The van der Waals surface area contributed by atoms with E-state index in [2.05, 4.69) is 25.7 Å². The summed E-state index contributed by atoms with van der Waals surface area (Å²) in [4.78, 5) is 0. The fourth-order valence-electron chi connectivity index (χ4n) is 1.19. The maximum absolute atomic E-state index is 3.96. The summed E-state index contributed by atoms with van der Waals surface area (Å²) in [5.41, 5.74) is 1.07. The molecule has 0 aromatic carbocycles. The maximum atomic E-state index is 3.96. The van der Waals surface area contributed by atoms with E-state index in [-0.39, 0.29) is 0 Å². The van der Waals surface area contributed by atoms with Crippen molar-refractivity contribution in [3.63, 3.8) is 0 Å². The second kappa shape index (κ2) is 4.04. The first-order valence-electron chi connectivity index (χ1n) is 4.62. The molecule has 2 aromatic heterocycles. The zero-order chi connectivity index (χ0) is 10.7. The van der Waals surface area contributed by atoms with Gasteiger partial charge in [-0.1, -0.05) is 0 Å². The Morgan fingerprint density at radius 3 is 2.87 bits per heavy atom. The van der Waals surface area contributed by atoms with Gasteiger partial charge in [0.05, 0.1) is 12.7 Å². The largest absolute Gasteiger partial charge is 0.361 e. The lowest BCUT2D eigenvalue weighted by atomic mass is 10.3. The molecule has 0 fully saturated rings. The van der Waals surface area contributed by atoms with Crippen molar-refractivity contribution >= 4 is 5.82 Å². The molecule has 0 saturated carbocycles. The van der Waals surface area contributed by atoms with Crippen LogP contribution in [0.1, 0.15) is 11.4 Å². The van der Waals surface area contributed by atoms with Crippen molar-refractivity contribution < 1.29 is 0 Å². The van der Waals surface area contributed by atoms with Crippen LogP contribution < -0.4 is 5.32 Å². The molecule has 0 aliphatic rings. The number of nitrogens with zero attached hydrogens (tertiary/aromatic N) is 5. The summed E-state index contributed by atoms with van der Waals surface area (Å²) < 4.78 is 1.86. The fraction of sp³-hybridized carbons (Fsp3) is 0.333. The Morgan fingerprint density at radius 2 is 2.20 bits per heavy atom. The van der Waals surface area contributed by atoms with Crippen LogP contribution in [-0.4, -0.2) is 25.0 Å². The molecular formula is C9H12N6. The molecule has 0 aliphatic carbocycles. The predicted molar refractivity (Wildman–Crippen MR) is 55.1 cm³/mol. The Hall–Kier alpha value is -1.98. The number of aromatic nitrogens is 5. The lowest BCUT2D eigenvalue weighted by Crippen LogP contribution is -2.07. The highest BCUT2D eigenvalue weighted by molar-refractivity contribution is 5.34. The van der Waals surface area contributed by atoms with Crippen LogP contribution in [0.25, 0.3) is 0 Å². The lowest BCUT2D eigenvalue weighted by Gasteiger charge is -2.04. The number of nitrogens with one attached hydrogen (secondary N) is 1. The lowest BCUT2D eigenvalue weighted by molar-refractivity contribution is 0.807. The van der Waals surface area contributed by atoms with Crippen molar-refractivity contribution in [2.24, 2.45) is 7.05 Å². The molecule has 0 spiro atoms. The minimum absolute atomic E-state index is 0.592. The molecule has 78 valence electrons. The van der Waals surface area contributed by atoms with Crippen molar-refractivity contribution in [2.75, 3.05) is 5.32 Å². The highest BCUT2D eigenvalue weighted by atomic mass is 15.3. The minimum Gasteiger partial charge on any atom is -0.361 e. The van der Waals surface area contributed by atoms with Crippen molar-refractivity contribution in [2.45, 2.75) is 13.5 Å². The van der Waals surface area contributed by atoms with Gasteiger partial charge in [-0.2, -0.15) is 5.10 Å². The van der Waals surface area contributed by atoms with Gasteiger partial charge in [-0.3, -0.25) is 0 Å². The maximum Gasteiger partial charge on any atom is 0.151 e. The molecule has 1 N–H and O–H groups in total. The molecule has 0 amide bonds. The normalized spacial score (nSPS) is 10.3. The second-order valence-electron chi connectivity index (χ2n) is 3.33. The van der Waals surface area contributed by atoms with Crippen LogP contribution in [0.2, 0.25) is 0 Å². The van der Waals surface area contributed by atoms with E-state index in [1.807, 2.05) is 24.6 Å². The topological polar surface area (TPSA) is 68.5 Å². The summed E-state index contributed by atoms with van der Waals surface area (Å²) in [6, 6.07) is 1.93. The van der Waals surface area contributed by atoms with Gasteiger partial charge in [0.1, 0.15) is 12.1 Å². The summed E-state index contributed by atoms with van der Waals surface area (Å²) in [6.07, 6.45) is 3.38. The van der Waals surface area contributed by atoms with E-state index in [1.54, 1.807) is 12.5 Å². The van der Waals surface area contributed by atoms with Crippen LogP contribution in [0.4, 0.5) is 5.82 Å². The zero-order valence-electron chi connectivity index (χ0n) is 8.68. The molecule has 15 heavy (non-hydrogen) atoms. The minimum atomic E-state index is 0.592. The van der Waals surface area contributed by atoms with Gasteiger partial charge >= 0.3 is 0 Å². The third-order valence-electron chi connectivity index (χ3n) is 2.02. The van der Waals surface area contributed by atoms with E-state index in [0.717, 1.165) is 17.2 Å². The second-order valence-corrected chi connectivity index (χ2v) is 3.33. The molecule has 2 heterocycles. The molecule has 0 bridgehead atoms. The third kappa shape index (κ3) is 2.28. The zero-order valence-corrected chi connectivity index (χ0v) is 8.68. The molecule has 0 radical (unpaired) electrons. The molecule has 0 aliphatic heterocycles. The first-order chi connectivity index (χ1) is 7.25. The van der Waals surface area contributed by atoms with Crippen LogP contribution in [0.3, 0.4) is 0 Å². The van der Waals surface area contributed by atoms with Gasteiger partial charge in [-0.05, 0) is 18.6 Å². The third-order valence-corrected chi connectivity index (χ3v) is 2.02. The molecule has 6 heteroatoms. The highest BCUT2D eigenvalue weighted by Crippen LogP contribution is 2.04. The van der Waals surface area contributed by atoms with Crippen LogP contribution in [-0.2, 0) is 13.6 Å². The quantitative estimate of drug-likeness (QED) is 0.789. The van der Waals surface area contributed by atoms with Gasteiger partial charge in [0, 0.05) is 7.05 Å². The molecule has 0 atom stereocenters. The predicted octanol–water partition coefficient (Wildman–Crippen LogP) is 0.526. The first kappa shape index (κ1) is 9.57. The Bertz CT molecular complexity index is 449. The molecule has 0 unspecified atom stereocenters. The summed E-state index contributed by atoms with van der Waals surface area (Å²) in [5, 5.41) is 18.7. The van der Waals surface area contributed by atoms with E-state index < -0.39 is 0 Å². The van der Waals surface area contributed by atoms with Crippen LogP contribution in [0, 0.1) is 6.92 Å². The van der Waals surface area contributed by atoms with E-state index in [9.17, 15) is 0 Å². The SMILES string of the molecule is Cc1cnnc(NCc2nncn2C)c1. The van der Waals surface area contributed by atoms with Crippen LogP contribution in [0.15, 0.2) is 18.6 Å². The number of aryl methyl sites for hydroxylation is 2. The van der Waals surface area contributed by atoms with E-state index in [0.29, 0.717) is 6.54 Å². The Labute approximate surface area is 87.4 Å². The smallest absolute Gasteiger partial charge is 0.151 e. The van der Waals surface area contributed by atoms with Crippen molar-refractivity contribution in [3.8, 4) is 0 Å². The number of rotatable bonds is 3. The van der Waals surface area contributed by atoms with Crippen molar-refractivity contribution in [1.29, 1.82) is 0 Å². The van der Waals surface area contributed by atoms with E-state index >= 15 is 0 Å². The molecule has 6 nitrogen and oxygen atoms in total. The van der Waals surface area contributed by atoms with Crippen molar-refractivity contribution in [3.05, 3.63) is 30.0 Å². The average Bonchev–Trinajstić information content (AvgIpc) is 2.61. The summed E-state index contributed by atoms with van der Waals surface area (Å²) in [7, 11) is 1.90. The number of hydrogen-bond donors (Lipinski definition) is 1. The Morgan fingerprint density at radius 1 is 1.33 bits per heavy atom. The fourth-order valence-corrected chi connectivity index (χ4v) is 1.19. The van der Waals surface area contributed by atoms with E-state index in [4.69, 9.17) is 0 Å². The van der Waals surface area contributed by atoms with Gasteiger partial charge in [0.2, 0.25) is 0 Å². The standard InChI is InChI=1S/C9H12N6/c1-7-3-8(13-11-4-7)10-5-9-14-12-6-15(9)2/h3-4,6H,5H2,1-2H3,(H,10,13). The Balaban J connectivity index is 2.02. The van der Waals surface area contributed by atoms with Gasteiger partial charge in [-0.15, -0.1) is 15.3 Å². The van der Waals surface area contributed by atoms with Crippen molar-refractivity contribution in [1.82, 2.24) is 25.0 Å². The summed E-state index contributed by atoms with van der Waals surface area (Å²) in [6.45, 7) is 2.57. The Kier molecular flexibility index (Phi) is 2.57. The number of hydrogen-bond acceptors (Lipinski definition) is 5. The molecule has 2 aromatic rings. The van der Waals surface area contributed by atoms with Crippen LogP contribution >= 0.6 is 0 Å². The highest BCUT2D eigenvalue weighted by Gasteiger charge is 2.00.